The molecule has 2 aromatic rings. The van der Waals surface area contributed by atoms with Gasteiger partial charge in [0.2, 0.25) is 0 Å². The topological polar surface area (TPSA) is 100 Å². The summed E-state index contributed by atoms with van der Waals surface area (Å²) in [6.07, 6.45) is 0. The Kier molecular flexibility index (Phi) is 3.91. The molecule has 4 N–H and O–H groups in total. The molecular formula is C20H13IN2O3. The number of rotatable bonds is 2. The van der Waals surface area contributed by atoms with Crippen molar-refractivity contribution in [3.05, 3.63) is 69.1 Å². The Labute approximate surface area is 162 Å². The van der Waals surface area contributed by atoms with Gasteiger partial charge in [0.25, 0.3) is 0 Å². The quantitative estimate of drug-likeness (QED) is 0.235. The normalized spacial score (nSPS) is 11.1. The molecule has 2 aromatic carbocycles. The Morgan fingerprint density at radius 1 is 1.08 bits per heavy atom. The number of nitrogens with one attached hydrogen (secondary N) is 1. The number of carboxylic acid groups (broad SMARTS) is 1. The van der Waals surface area contributed by atoms with Gasteiger partial charge < -0.3 is 15.3 Å². The maximum absolute atomic E-state index is 11.8. The van der Waals surface area contributed by atoms with Crippen molar-refractivity contribution in [3.63, 3.8) is 0 Å². The van der Waals surface area contributed by atoms with Gasteiger partial charge in [-0.15, -0.1) is 0 Å². The summed E-state index contributed by atoms with van der Waals surface area (Å²) >= 11 is 2.09. The average molecular weight is 454 g/mol. The molecule has 0 saturated carbocycles. The summed E-state index contributed by atoms with van der Waals surface area (Å²) in [5.74, 6) is -0.478. The predicted molar refractivity (Wildman–Crippen MR) is 108 cm³/mol. The van der Waals surface area contributed by atoms with Crippen LogP contribution in [0.25, 0.3) is 33.4 Å². The zero-order chi connectivity index (χ0) is 18.4. The molecule has 0 bridgehead atoms. The zero-order valence-electron chi connectivity index (χ0n) is 13.4. The summed E-state index contributed by atoms with van der Waals surface area (Å²) in [6.45, 7) is 0. The monoisotopic (exact) mass is 454 g/mol. The lowest BCUT2D eigenvalue weighted by atomic mass is 9.91. The van der Waals surface area contributed by atoms with Crippen LogP contribution in [0, 0.1) is 8.98 Å². The second-order valence-electron chi connectivity index (χ2n) is 5.91. The first-order chi connectivity index (χ1) is 12.5. The lowest BCUT2D eigenvalue weighted by molar-refractivity contribution is 0.0697. The van der Waals surface area contributed by atoms with Crippen LogP contribution in [0.2, 0.25) is 0 Å². The molecule has 0 aromatic heterocycles. The first kappa shape index (κ1) is 16.6. The fourth-order valence-electron chi connectivity index (χ4n) is 3.10. The van der Waals surface area contributed by atoms with Gasteiger partial charge in [-0.3, -0.25) is 5.41 Å². The van der Waals surface area contributed by atoms with Crippen molar-refractivity contribution in [1.29, 1.82) is 5.41 Å². The molecule has 1 heterocycles. The number of nitrogen functional groups attached to an aromatic ring is 1. The highest BCUT2D eigenvalue weighted by Crippen LogP contribution is 2.41. The molecule has 0 amide bonds. The van der Waals surface area contributed by atoms with Gasteiger partial charge in [-0.2, -0.15) is 0 Å². The minimum atomic E-state index is -0.995. The third-order valence-electron chi connectivity index (χ3n) is 4.26. The highest BCUT2D eigenvalue weighted by molar-refractivity contribution is 14.1. The number of carboxylic acids is 1. The van der Waals surface area contributed by atoms with Crippen molar-refractivity contribution < 1.29 is 14.3 Å². The van der Waals surface area contributed by atoms with Crippen molar-refractivity contribution in [3.8, 4) is 22.5 Å². The highest BCUT2D eigenvalue weighted by Gasteiger charge is 2.21. The molecule has 0 fully saturated rings. The Morgan fingerprint density at radius 3 is 2.62 bits per heavy atom. The van der Waals surface area contributed by atoms with Crippen LogP contribution in [0.15, 0.2) is 59.0 Å². The molecule has 128 valence electrons. The molecule has 0 radical (unpaired) electrons. The standard InChI is InChI=1S/C20H13IN2O3/c21-15-8-14-18(9-16(15)23)26-17-7-10(22)5-6-13(17)19(14)11-3-1-2-4-12(11)20(24)25/h1-9,23H,22H2,(H,24,25)/i21-2. The maximum atomic E-state index is 11.8. The number of hydrogen-bond donors (Lipinski definition) is 3. The van der Waals surface area contributed by atoms with Crippen molar-refractivity contribution in [1.82, 2.24) is 0 Å². The number of fused-ring (bicyclic) bond motifs is 2. The van der Waals surface area contributed by atoms with E-state index >= 15 is 0 Å². The van der Waals surface area contributed by atoms with Crippen molar-refractivity contribution in [2.75, 3.05) is 5.73 Å². The number of anilines is 1. The van der Waals surface area contributed by atoms with E-state index in [2.05, 4.69) is 22.6 Å². The summed E-state index contributed by atoms with van der Waals surface area (Å²) in [6, 6.07) is 15.7. The third kappa shape index (κ3) is 2.62. The Hall–Kier alpha value is -2.87. The van der Waals surface area contributed by atoms with Crippen LogP contribution >= 0.6 is 22.6 Å². The maximum Gasteiger partial charge on any atom is 0.336 e. The van der Waals surface area contributed by atoms with Crippen LogP contribution in [0.1, 0.15) is 10.4 Å². The van der Waals surface area contributed by atoms with Gasteiger partial charge in [-0.25, -0.2) is 4.79 Å². The summed E-state index contributed by atoms with van der Waals surface area (Å²) in [5, 5.41) is 18.8. The van der Waals surface area contributed by atoms with Crippen LogP contribution in [-0.4, -0.2) is 11.1 Å². The average Bonchev–Trinajstić information content (AvgIpc) is 2.61. The van der Waals surface area contributed by atoms with Crippen molar-refractivity contribution in [2.45, 2.75) is 0 Å². The Balaban J connectivity index is 2.24. The molecule has 5 nitrogen and oxygen atoms in total. The molecule has 0 unspecified atom stereocenters. The lowest BCUT2D eigenvalue weighted by Gasteiger charge is -2.17. The van der Waals surface area contributed by atoms with E-state index in [9.17, 15) is 9.90 Å². The van der Waals surface area contributed by atoms with Gasteiger partial charge in [0.15, 0.2) is 0 Å². The summed E-state index contributed by atoms with van der Waals surface area (Å²) < 4.78 is 6.73. The molecule has 0 atom stereocenters. The van der Waals surface area contributed by atoms with E-state index in [1.807, 2.05) is 18.2 Å². The van der Waals surface area contributed by atoms with Crippen LogP contribution in [0.5, 0.6) is 0 Å². The molecule has 1 aliphatic carbocycles. The largest absolute Gasteiger partial charge is 0.478 e. The first-order valence-corrected chi connectivity index (χ1v) is 8.86. The van der Waals surface area contributed by atoms with Gasteiger partial charge in [0, 0.05) is 37.9 Å². The molecular weight excluding hydrogens is 441 g/mol. The van der Waals surface area contributed by atoms with Gasteiger partial charge in [-0.1, -0.05) is 18.2 Å². The van der Waals surface area contributed by atoms with Gasteiger partial charge in [0.1, 0.15) is 11.3 Å². The van der Waals surface area contributed by atoms with Gasteiger partial charge in [-0.05, 0) is 52.4 Å². The Morgan fingerprint density at radius 2 is 1.85 bits per heavy atom. The van der Waals surface area contributed by atoms with Crippen molar-refractivity contribution >= 4 is 45.2 Å². The number of benzene rings is 3. The molecule has 0 saturated heterocycles. The minimum absolute atomic E-state index is 0.211. The van der Waals surface area contributed by atoms with E-state index in [-0.39, 0.29) is 5.56 Å². The Bertz CT molecular complexity index is 1210. The number of halogens is 1. The molecule has 1 aliphatic heterocycles. The van der Waals surface area contributed by atoms with E-state index in [0.717, 1.165) is 20.1 Å². The SMILES string of the molecule is N=c1cc2oc3cc(N)ccc3c(-c3ccccc3C(=O)O)c-2cc1[125I]. The second-order valence-corrected chi connectivity index (χ2v) is 7.07. The molecule has 0 spiro atoms. The number of carbonyl (C=O) groups is 1. The number of aromatic carboxylic acids is 1. The predicted octanol–water partition coefficient (Wildman–Crippen LogP) is 4.57. The highest BCUT2D eigenvalue weighted by atomic mass is 125. The molecule has 2 aliphatic rings. The van der Waals surface area contributed by atoms with Crippen LogP contribution in [0.4, 0.5) is 5.69 Å². The third-order valence-corrected chi connectivity index (χ3v) is 5.15. The van der Waals surface area contributed by atoms with Gasteiger partial charge in [0.05, 0.1) is 10.9 Å². The van der Waals surface area contributed by atoms with E-state index in [0.29, 0.717) is 28.0 Å². The molecule has 4 rings (SSSR count). The second kappa shape index (κ2) is 6.14. The van der Waals surface area contributed by atoms with Gasteiger partial charge >= 0.3 is 5.97 Å². The fourth-order valence-corrected chi connectivity index (χ4v) is 3.57. The first-order valence-electron chi connectivity index (χ1n) is 7.78. The van der Waals surface area contributed by atoms with E-state index in [1.54, 1.807) is 36.4 Å². The summed E-state index contributed by atoms with van der Waals surface area (Å²) in [7, 11) is 0. The van der Waals surface area contributed by atoms with Crippen LogP contribution < -0.4 is 11.1 Å². The van der Waals surface area contributed by atoms with Crippen molar-refractivity contribution in [2.24, 2.45) is 0 Å². The van der Waals surface area contributed by atoms with Crippen LogP contribution in [-0.2, 0) is 0 Å². The van der Waals surface area contributed by atoms with E-state index < -0.39 is 5.97 Å². The smallest absolute Gasteiger partial charge is 0.336 e. The zero-order valence-corrected chi connectivity index (χ0v) is 15.6. The molecule has 6 heteroatoms. The summed E-state index contributed by atoms with van der Waals surface area (Å²) in [5.41, 5.74) is 9.33. The number of hydrogen-bond acceptors (Lipinski definition) is 4. The molecule has 26 heavy (non-hydrogen) atoms. The van der Waals surface area contributed by atoms with E-state index in [1.165, 1.54) is 0 Å². The minimum Gasteiger partial charge on any atom is -0.478 e. The van der Waals surface area contributed by atoms with Crippen LogP contribution in [0.3, 0.4) is 0 Å². The fraction of sp³-hybridized carbons (Fsp3) is 0. The number of nitrogens with two attached hydrogens (primary N) is 1. The lowest BCUT2D eigenvalue weighted by Crippen LogP contribution is -2.07. The summed E-state index contributed by atoms with van der Waals surface area (Å²) in [4.78, 5) is 11.8. The van der Waals surface area contributed by atoms with E-state index in [4.69, 9.17) is 15.6 Å².